The molecule has 2 N–H and O–H groups in total. The summed E-state index contributed by atoms with van der Waals surface area (Å²) in [6.07, 6.45) is -0.632. The molecule has 0 saturated heterocycles. The third kappa shape index (κ3) is 7.47. The Hall–Kier alpha value is -2.03. The van der Waals surface area contributed by atoms with Crippen molar-refractivity contribution in [1.82, 2.24) is 15.5 Å². The fourth-order valence-electron chi connectivity index (χ4n) is 1.88. The van der Waals surface area contributed by atoms with E-state index in [0.717, 1.165) is 0 Å². The molecule has 0 spiro atoms. The maximum atomic E-state index is 10.0. The van der Waals surface area contributed by atoms with Crippen LogP contribution in [0.3, 0.4) is 0 Å². The van der Waals surface area contributed by atoms with E-state index in [0.29, 0.717) is 23.9 Å². The van der Waals surface area contributed by atoms with Crippen molar-refractivity contribution in [1.29, 1.82) is 0 Å². The third-order valence-corrected chi connectivity index (χ3v) is 3.13. The van der Waals surface area contributed by atoms with Gasteiger partial charge in [-0.1, -0.05) is 12.1 Å². The van der Waals surface area contributed by atoms with Crippen LogP contribution < -0.4 is 19.5 Å². The first-order valence-corrected chi connectivity index (χ1v) is 8.01. The van der Waals surface area contributed by atoms with Crippen molar-refractivity contribution in [3.8, 4) is 17.5 Å². The topological polar surface area (TPSA) is 98.9 Å². The van der Waals surface area contributed by atoms with Gasteiger partial charge in [-0.05, 0) is 38.1 Å². The number of rotatable bonds is 9. The zero-order valence-electron chi connectivity index (χ0n) is 15.4. The van der Waals surface area contributed by atoms with E-state index >= 15 is 0 Å². The van der Waals surface area contributed by atoms with Gasteiger partial charge >= 0.3 is 6.01 Å². The highest BCUT2D eigenvalue weighted by Crippen LogP contribution is 2.27. The Morgan fingerprint density at radius 2 is 1.85 bits per heavy atom. The van der Waals surface area contributed by atoms with Crippen molar-refractivity contribution < 1.29 is 23.8 Å². The predicted octanol–water partition coefficient (Wildman–Crippen LogP) is 2.21. The van der Waals surface area contributed by atoms with Gasteiger partial charge in [0.15, 0.2) is 18.1 Å². The molecular weight excluding hydrogens is 362 g/mol. The molecule has 1 heterocycles. The van der Waals surface area contributed by atoms with E-state index in [2.05, 4.69) is 15.5 Å². The molecule has 2 aromatic rings. The first kappa shape index (κ1) is 22.0. The van der Waals surface area contributed by atoms with E-state index in [4.69, 9.17) is 18.7 Å². The second-order valence-electron chi connectivity index (χ2n) is 6.51. The van der Waals surface area contributed by atoms with Crippen LogP contribution in [0.25, 0.3) is 0 Å². The minimum absolute atomic E-state index is 0. The number of hydrogen-bond donors (Lipinski definition) is 2. The monoisotopic (exact) mass is 387 g/mol. The van der Waals surface area contributed by atoms with Gasteiger partial charge in [-0.2, -0.15) is 4.98 Å². The largest absolute Gasteiger partial charge is 0.487 e. The molecular formula is C17H26ClN3O5. The SMILES string of the molecule is COc1noc(COc2ccccc2OC[C@H](O)CNC(C)(C)C)n1.Cl. The number of hydrogen-bond acceptors (Lipinski definition) is 8. The Balaban J connectivity index is 0.00000338. The van der Waals surface area contributed by atoms with E-state index < -0.39 is 6.10 Å². The summed E-state index contributed by atoms with van der Waals surface area (Å²) in [5, 5.41) is 16.9. The highest BCUT2D eigenvalue weighted by atomic mass is 35.5. The van der Waals surface area contributed by atoms with Crippen LogP contribution in [0.4, 0.5) is 0 Å². The van der Waals surface area contributed by atoms with Gasteiger partial charge in [0, 0.05) is 12.1 Å². The first-order chi connectivity index (χ1) is 11.9. The summed E-state index contributed by atoms with van der Waals surface area (Å²) in [6.45, 7) is 6.79. The number of β-amino-alcohol motifs (C(OH)–C–C–N with tert-alkyl or cyclic N) is 1. The summed E-state index contributed by atoms with van der Waals surface area (Å²) in [5.74, 6) is 1.35. The number of para-hydroxylation sites is 2. The van der Waals surface area contributed by atoms with Crippen molar-refractivity contribution in [2.24, 2.45) is 0 Å². The molecule has 1 aromatic carbocycles. The molecule has 2 rings (SSSR count). The van der Waals surface area contributed by atoms with Gasteiger partial charge in [0.1, 0.15) is 12.7 Å². The molecule has 1 aromatic heterocycles. The van der Waals surface area contributed by atoms with Gasteiger partial charge in [-0.3, -0.25) is 0 Å². The molecule has 9 heteroatoms. The standard InChI is InChI=1S/C17H25N3O5.ClH/c1-17(2,3)18-9-12(21)10-23-13-7-5-6-8-14(13)24-11-15-19-16(22-4)20-25-15;/h5-8,12,18,21H,9-11H2,1-4H3;1H/t12-;/m1./s1. The Labute approximate surface area is 159 Å². The van der Waals surface area contributed by atoms with E-state index in [9.17, 15) is 5.11 Å². The molecule has 8 nitrogen and oxygen atoms in total. The Bertz CT molecular complexity index is 660. The van der Waals surface area contributed by atoms with Crippen LogP contribution in [0.15, 0.2) is 28.8 Å². The number of halogens is 1. The number of methoxy groups -OCH3 is 1. The Morgan fingerprint density at radius 1 is 1.19 bits per heavy atom. The summed E-state index contributed by atoms with van der Waals surface area (Å²) in [4.78, 5) is 3.98. The van der Waals surface area contributed by atoms with E-state index in [1.807, 2.05) is 32.9 Å². The predicted molar refractivity (Wildman–Crippen MR) is 98.1 cm³/mol. The fraction of sp³-hybridized carbons (Fsp3) is 0.529. The second-order valence-corrected chi connectivity index (χ2v) is 6.51. The van der Waals surface area contributed by atoms with Gasteiger partial charge in [0.05, 0.1) is 7.11 Å². The summed E-state index contributed by atoms with van der Waals surface area (Å²) < 4.78 is 21.2. The van der Waals surface area contributed by atoms with Crippen molar-refractivity contribution in [2.45, 2.75) is 39.0 Å². The molecule has 0 aliphatic rings. The molecule has 0 amide bonds. The summed E-state index contributed by atoms with van der Waals surface area (Å²) in [6, 6.07) is 7.35. The fourth-order valence-corrected chi connectivity index (χ4v) is 1.88. The van der Waals surface area contributed by atoms with Crippen LogP contribution in [0.1, 0.15) is 26.7 Å². The van der Waals surface area contributed by atoms with E-state index in [-0.39, 0.29) is 37.2 Å². The van der Waals surface area contributed by atoms with Crippen LogP contribution >= 0.6 is 12.4 Å². The Kier molecular flexibility index (Phi) is 8.64. The van der Waals surface area contributed by atoms with Crippen LogP contribution in [0, 0.1) is 0 Å². The minimum Gasteiger partial charge on any atom is -0.487 e. The molecule has 0 unspecified atom stereocenters. The number of aliphatic hydroxyl groups is 1. The molecule has 146 valence electrons. The number of nitrogens with zero attached hydrogens (tertiary/aromatic N) is 2. The zero-order valence-corrected chi connectivity index (χ0v) is 16.2. The van der Waals surface area contributed by atoms with Crippen molar-refractivity contribution in [3.05, 3.63) is 30.2 Å². The lowest BCUT2D eigenvalue weighted by Gasteiger charge is -2.23. The molecule has 0 bridgehead atoms. The lowest BCUT2D eigenvalue weighted by Crippen LogP contribution is -2.42. The minimum atomic E-state index is -0.632. The molecule has 1 atom stereocenters. The molecule has 0 radical (unpaired) electrons. The molecule has 26 heavy (non-hydrogen) atoms. The van der Waals surface area contributed by atoms with Crippen LogP contribution in [0.2, 0.25) is 0 Å². The molecule has 0 aliphatic heterocycles. The van der Waals surface area contributed by atoms with Gasteiger partial charge in [-0.15, -0.1) is 12.4 Å². The number of aliphatic hydroxyl groups excluding tert-OH is 1. The zero-order chi connectivity index (χ0) is 18.3. The number of aromatic nitrogens is 2. The van der Waals surface area contributed by atoms with Crippen molar-refractivity contribution in [2.75, 3.05) is 20.3 Å². The first-order valence-electron chi connectivity index (χ1n) is 8.01. The lowest BCUT2D eigenvalue weighted by molar-refractivity contribution is 0.0973. The van der Waals surface area contributed by atoms with Crippen LogP contribution in [-0.2, 0) is 6.61 Å². The maximum Gasteiger partial charge on any atom is 0.354 e. The lowest BCUT2D eigenvalue weighted by atomic mass is 10.1. The second kappa shape index (κ2) is 10.2. The van der Waals surface area contributed by atoms with Gasteiger partial charge in [0.25, 0.3) is 5.89 Å². The van der Waals surface area contributed by atoms with Crippen LogP contribution in [0.5, 0.6) is 17.5 Å². The number of ether oxygens (including phenoxy) is 3. The number of benzene rings is 1. The van der Waals surface area contributed by atoms with Crippen molar-refractivity contribution in [3.63, 3.8) is 0 Å². The molecule has 0 aliphatic carbocycles. The quantitative estimate of drug-likeness (QED) is 0.675. The summed E-state index contributed by atoms with van der Waals surface area (Å²) in [7, 11) is 1.46. The highest BCUT2D eigenvalue weighted by molar-refractivity contribution is 5.85. The summed E-state index contributed by atoms with van der Waals surface area (Å²) in [5.41, 5.74) is -0.0624. The van der Waals surface area contributed by atoms with Crippen molar-refractivity contribution >= 4 is 12.4 Å². The Morgan fingerprint density at radius 3 is 2.42 bits per heavy atom. The van der Waals surface area contributed by atoms with Gasteiger partial charge < -0.3 is 29.2 Å². The smallest absolute Gasteiger partial charge is 0.354 e. The summed E-state index contributed by atoms with van der Waals surface area (Å²) >= 11 is 0. The van der Waals surface area contributed by atoms with Gasteiger partial charge in [0.2, 0.25) is 0 Å². The molecule has 0 fully saturated rings. The maximum absolute atomic E-state index is 10.0. The average Bonchev–Trinajstić information content (AvgIpc) is 3.04. The van der Waals surface area contributed by atoms with Gasteiger partial charge in [-0.25, -0.2) is 0 Å². The van der Waals surface area contributed by atoms with E-state index in [1.165, 1.54) is 7.11 Å². The molecule has 0 saturated carbocycles. The normalized spacial score (nSPS) is 12.2. The highest BCUT2D eigenvalue weighted by Gasteiger charge is 2.14. The third-order valence-electron chi connectivity index (χ3n) is 3.13. The van der Waals surface area contributed by atoms with Crippen LogP contribution in [-0.4, -0.2) is 47.2 Å². The van der Waals surface area contributed by atoms with E-state index in [1.54, 1.807) is 12.1 Å². The number of nitrogens with one attached hydrogen (secondary N) is 1. The average molecular weight is 388 g/mol.